The van der Waals surface area contributed by atoms with Gasteiger partial charge in [-0.25, -0.2) is 14.2 Å². The molecule has 1 N–H and O–H groups in total. The number of thiazole rings is 1. The van der Waals surface area contributed by atoms with Gasteiger partial charge in [0.05, 0.1) is 24.4 Å². The normalized spacial score (nSPS) is 16.2. The summed E-state index contributed by atoms with van der Waals surface area (Å²) in [7, 11) is 1.23. The zero-order valence-corrected chi connectivity index (χ0v) is 23.2. The van der Waals surface area contributed by atoms with Crippen LogP contribution in [0.15, 0.2) is 78.4 Å². The Morgan fingerprint density at radius 2 is 1.71 bits per heavy atom. The molecule has 41 heavy (non-hydrogen) atoms. The van der Waals surface area contributed by atoms with Crippen molar-refractivity contribution in [3.63, 3.8) is 0 Å². The number of carbonyl (C=O) groups is 3. The van der Waals surface area contributed by atoms with Gasteiger partial charge in [0, 0.05) is 5.56 Å². The van der Waals surface area contributed by atoms with E-state index in [1.165, 1.54) is 31.4 Å². The standard InChI is InChI=1S/C31H25FN2O6S/c1-17-6-4-5-7-21(17)16-40-23-14-10-20(11-15-23)26(35)24-25(19-8-12-22(32)13-9-19)34(29(37)27(24)36)31-33-18(2)28(41-31)30(38)39-3/h4-15,25,35H,16H2,1-3H3. The molecule has 3 aromatic carbocycles. The van der Waals surface area contributed by atoms with E-state index in [0.717, 1.165) is 27.4 Å². The van der Waals surface area contributed by atoms with Crippen LogP contribution >= 0.6 is 11.3 Å². The zero-order valence-electron chi connectivity index (χ0n) is 22.4. The molecule has 0 bridgehead atoms. The Labute approximate surface area is 239 Å². The number of rotatable bonds is 7. The number of esters is 1. The molecule has 5 rings (SSSR count). The number of anilines is 1. The second-order valence-electron chi connectivity index (χ2n) is 9.36. The van der Waals surface area contributed by atoms with Crippen molar-refractivity contribution in [2.24, 2.45) is 0 Å². The highest BCUT2D eigenvalue weighted by Crippen LogP contribution is 2.44. The van der Waals surface area contributed by atoms with E-state index < -0.39 is 35.3 Å². The van der Waals surface area contributed by atoms with Gasteiger partial charge < -0.3 is 14.6 Å². The second kappa shape index (κ2) is 11.3. The Kier molecular flexibility index (Phi) is 7.67. The smallest absolute Gasteiger partial charge is 0.350 e. The van der Waals surface area contributed by atoms with E-state index in [0.29, 0.717) is 23.6 Å². The molecule has 0 saturated carbocycles. The molecule has 2 heterocycles. The molecule has 0 radical (unpaired) electrons. The number of hydrogen-bond acceptors (Lipinski definition) is 8. The first-order valence-corrected chi connectivity index (χ1v) is 13.4. The van der Waals surface area contributed by atoms with Crippen LogP contribution in [-0.2, 0) is 20.9 Å². The minimum atomic E-state index is -1.12. The van der Waals surface area contributed by atoms with E-state index in [2.05, 4.69) is 4.98 Å². The molecule has 10 heteroatoms. The van der Waals surface area contributed by atoms with Crippen LogP contribution in [0, 0.1) is 19.7 Å². The van der Waals surface area contributed by atoms with Crippen LogP contribution in [0.25, 0.3) is 5.76 Å². The zero-order chi connectivity index (χ0) is 29.3. The third-order valence-electron chi connectivity index (χ3n) is 6.78. The van der Waals surface area contributed by atoms with Gasteiger partial charge >= 0.3 is 11.9 Å². The van der Waals surface area contributed by atoms with Crippen molar-refractivity contribution in [1.82, 2.24) is 4.98 Å². The predicted molar refractivity (Wildman–Crippen MR) is 151 cm³/mol. The number of hydrogen-bond donors (Lipinski definition) is 1. The molecule has 1 saturated heterocycles. The van der Waals surface area contributed by atoms with Crippen LogP contribution in [0.2, 0.25) is 0 Å². The number of ketones is 1. The van der Waals surface area contributed by atoms with E-state index in [1.807, 2.05) is 31.2 Å². The molecule has 1 aliphatic rings. The van der Waals surface area contributed by atoms with Crippen molar-refractivity contribution in [3.8, 4) is 5.75 Å². The highest BCUT2D eigenvalue weighted by Gasteiger charge is 2.48. The van der Waals surface area contributed by atoms with Crippen molar-refractivity contribution in [3.05, 3.63) is 117 Å². The van der Waals surface area contributed by atoms with Gasteiger partial charge in [0.25, 0.3) is 5.78 Å². The fourth-order valence-electron chi connectivity index (χ4n) is 4.56. The molecule has 0 aliphatic carbocycles. The Morgan fingerprint density at radius 3 is 2.37 bits per heavy atom. The molecular weight excluding hydrogens is 547 g/mol. The third-order valence-corrected chi connectivity index (χ3v) is 7.91. The van der Waals surface area contributed by atoms with Crippen molar-refractivity contribution >= 4 is 39.9 Å². The lowest BCUT2D eigenvalue weighted by molar-refractivity contribution is -0.132. The van der Waals surface area contributed by atoms with Gasteiger partial charge in [0.1, 0.15) is 28.8 Å². The predicted octanol–water partition coefficient (Wildman–Crippen LogP) is 5.89. The first-order valence-electron chi connectivity index (χ1n) is 12.6. The molecule has 208 valence electrons. The summed E-state index contributed by atoms with van der Waals surface area (Å²) in [5.41, 5.74) is 2.91. The summed E-state index contributed by atoms with van der Waals surface area (Å²) in [5, 5.41) is 11.4. The van der Waals surface area contributed by atoms with Crippen LogP contribution in [-0.4, -0.2) is 34.9 Å². The number of carbonyl (C=O) groups excluding carboxylic acids is 3. The van der Waals surface area contributed by atoms with E-state index in [1.54, 1.807) is 31.2 Å². The summed E-state index contributed by atoms with van der Waals surface area (Å²) in [5.74, 6) is -2.88. The number of nitrogens with zero attached hydrogens (tertiary/aromatic N) is 2. The van der Waals surface area contributed by atoms with E-state index >= 15 is 0 Å². The van der Waals surface area contributed by atoms with Crippen LogP contribution in [0.5, 0.6) is 5.75 Å². The van der Waals surface area contributed by atoms with Gasteiger partial charge in [0.15, 0.2) is 5.13 Å². The summed E-state index contributed by atoms with van der Waals surface area (Å²) >= 11 is 0.885. The molecule has 4 aromatic rings. The van der Waals surface area contributed by atoms with Gasteiger partial charge in [-0.15, -0.1) is 0 Å². The molecular formula is C31H25FN2O6S. The summed E-state index contributed by atoms with van der Waals surface area (Å²) in [4.78, 5) is 44.6. The van der Waals surface area contributed by atoms with Gasteiger partial charge in [-0.1, -0.05) is 47.7 Å². The number of Topliss-reactive ketones (excluding diaryl/α,β-unsaturated/α-hetero) is 1. The average Bonchev–Trinajstić information content (AvgIpc) is 3.48. The number of aliphatic hydroxyl groups is 1. The lowest BCUT2D eigenvalue weighted by Crippen LogP contribution is -2.29. The van der Waals surface area contributed by atoms with E-state index in [4.69, 9.17) is 9.47 Å². The highest BCUT2D eigenvalue weighted by molar-refractivity contribution is 7.17. The maximum absolute atomic E-state index is 13.8. The van der Waals surface area contributed by atoms with Gasteiger partial charge in [-0.05, 0) is 66.9 Å². The number of amides is 1. The molecule has 1 aliphatic heterocycles. The van der Waals surface area contributed by atoms with Crippen molar-refractivity contribution in [2.75, 3.05) is 12.0 Å². The van der Waals surface area contributed by atoms with Crippen LogP contribution < -0.4 is 9.64 Å². The summed E-state index contributed by atoms with van der Waals surface area (Å²) in [6.07, 6.45) is 0. The average molecular weight is 573 g/mol. The third kappa shape index (κ3) is 5.33. The van der Waals surface area contributed by atoms with Gasteiger partial charge in [-0.2, -0.15) is 0 Å². The fourth-order valence-corrected chi connectivity index (χ4v) is 5.57. The summed E-state index contributed by atoms with van der Waals surface area (Å²) in [6, 6.07) is 18.5. The number of halogens is 1. The number of aliphatic hydroxyl groups excluding tert-OH is 1. The van der Waals surface area contributed by atoms with E-state index in [9.17, 15) is 23.9 Å². The first kappa shape index (κ1) is 27.7. The number of benzene rings is 3. The number of methoxy groups -OCH3 is 1. The molecule has 1 amide bonds. The number of aryl methyl sites for hydroxylation is 2. The topological polar surface area (TPSA) is 106 Å². The first-order chi connectivity index (χ1) is 19.7. The Bertz CT molecular complexity index is 1680. The maximum atomic E-state index is 13.8. The SMILES string of the molecule is COC(=O)c1sc(N2C(=O)C(=O)C(=C(O)c3ccc(OCc4ccccc4C)cc3)C2c2ccc(F)cc2)nc1C. The molecule has 0 spiro atoms. The van der Waals surface area contributed by atoms with Crippen molar-refractivity contribution < 1.29 is 33.4 Å². The van der Waals surface area contributed by atoms with Crippen molar-refractivity contribution in [2.45, 2.75) is 26.5 Å². The van der Waals surface area contributed by atoms with Crippen molar-refractivity contribution in [1.29, 1.82) is 0 Å². The molecule has 1 unspecified atom stereocenters. The lowest BCUT2D eigenvalue weighted by atomic mass is 9.95. The summed E-state index contributed by atoms with van der Waals surface area (Å²) in [6.45, 7) is 3.93. The largest absolute Gasteiger partial charge is 0.507 e. The molecule has 1 atom stereocenters. The second-order valence-corrected chi connectivity index (χ2v) is 10.3. The lowest BCUT2D eigenvalue weighted by Gasteiger charge is -2.23. The number of aromatic nitrogens is 1. The van der Waals surface area contributed by atoms with Crippen LogP contribution in [0.4, 0.5) is 9.52 Å². The number of ether oxygens (including phenoxy) is 2. The minimum Gasteiger partial charge on any atom is -0.507 e. The van der Waals surface area contributed by atoms with Gasteiger partial charge in [-0.3, -0.25) is 14.5 Å². The molecule has 8 nitrogen and oxygen atoms in total. The highest BCUT2D eigenvalue weighted by atomic mass is 32.1. The van der Waals surface area contributed by atoms with E-state index in [-0.39, 0.29) is 21.1 Å². The molecule has 1 aromatic heterocycles. The molecule has 1 fully saturated rings. The van der Waals surface area contributed by atoms with Crippen LogP contribution in [0.3, 0.4) is 0 Å². The minimum absolute atomic E-state index is 0.0679. The summed E-state index contributed by atoms with van der Waals surface area (Å²) < 4.78 is 24.5. The Hall–Kier alpha value is -4.83. The fraction of sp³-hybridized carbons (Fsp3) is 0.161. The monoisotopic (exact) mass is 572 g/mol. The van der Waals surface area contributed by atoms with Crippen LogP contribution in [0.1, 0.15) is 43.7 Å². The van der Waals surface area contributed by atoms with Gasteiger partial charge in [0.2, 0.25) is 0 Å². The maximum Gasteiger partial charge on any atom is 0.350 e. The Balaban J connectivity index is 1.53. The quantitative estimate of drug-likeness (QED) is 0.127. The Morgan fingerprint density at radius 1 is 1.02 bits per heavy atom.